The molecular weight excluding hydrogens is 261 g/mol. The third-order valence-corrected chi connectivity index (χ3v) is 11.0. The molecule has 0 fully saturated rings. The predicted octanol–water partition coefficient (Wildman–Crippen LogP) is 2.10. The molecule has 0 amide bonds. The summed E-state index contributed by atoms with van der Waals surface area (Å²) in [6.45, 7) is 2.03. The molecule has 1 aromatic carbocycles. The molecule has 0 atom stereocenters. The monoisotopic (exact) mass is 278 g/mol. The fraction of sp³-hybridized carbons (Fsp3) is 0.308. The minimum absolute atomic E-state index is 0.140. The van der Waals surface area contributed by atoms with Crippen molar-refractivity contribution < 1.29 is 9.53 Å². The molecule has 0 aromatic heterocycles. The standard InChI is InChI=1S/C13H16GeO2/c1-9-10-7-5-6-8-11(10)14(2,3)12(9)13(15)16-4/h5-8H,1-4H3. The topological polar surface area (TPSA) is 26.3 Å². The molecule has 1 aliphatic heterocycles. The molecule has 1 aromatic rings. The van der Waals surface area contributed by atoms with Gasteiger partial charge in [-0.15, -0.1) is 0 Å². The first-order chi connectivity index (χ1) is 7.50. The van der Waals surface area contributed by atoms with Gasteiger partial charge in [0.15, 0.2) is 0 Å². The summed E-state index contributed by atoms with van der Waals surface area (Å²) >= 11 is -2.38. The third-order valence-electron chi connectivity index (χ3n) is 3.39. The molecule has 16 heavy (non-hydrogen) atoms. The number of benzene rings is 1. The summed E-state index contributed by atoms with van der Waals surface area (Å²) in [4.78, 5) is 11.9. The van der Waals surface area contributed by atoms with Crippen molar-refractivity contribution in [2.45, 2.75) is 18.4 Å². The molecule has 0 bridgehead atoms. The van der Waals surface area contributed by atoms with E-state index in [2.05, 4.69) is 29.7 Å². The van der Waals surface area contributed by atoms with E-state index in [1.165, 1.54) is 17.1 Å². The Labute approximate surface area is 98.7 Å². The number of allylic oxidation sites excluding steroid dienone is 1. The van der Waals surface area contributed by atoms with Crippen LogP contribution in [0, 0.1) is 0 Å². The molecule has 1 aliphatic rings. The molecule has 0 radical (unpaired) electrons. The van der Waals surface area contributed by atoms with Gasteiger partial charge < -0.3 is 0 Å². The van der Waals surface area contributed by atoms with Crippen LogP contribution in [0.5, 0.6) is 0 Å². The van der Waals surface area contributed by atoms with Crippen LogP contribution in [0.15, 0.2) is 28.7 Å². The van der Waals surface area contributed by atoms with E-state index in [-0.39, 0.29) is 5.97 Å². The van der Waals surface area contributed by atoms with Crippen molar-refractivity contribution in [1.82, 2.24) is 0 Å². The summed E-state index contributed by atoms with van der Waals surface area (Å²) in [5.41, 5.74) is 2.36. The zero-order valence-corrected chi connectivity index (χ0v) is 12.2. The van der Waals surface area contributed by atoms with Crippen molar-refractivity contribution in [3.05, 3.63) is 34.2 Å². The molecule has 2 nitrogen and oxygen atoms in total. The first kappa shape index (κ1) is 11.5. The van der Waals surface area contributed by atoms with Crippen molar-refractivity contribution in [2.75, 3.05) is 7.11 Å². The SMILES string of the molecule is COC(=O)[C]1=C(C)c2cccc[c]2[Ge]1([CH3])[CH3]. The third kappa shape index (κ3) is 1.44. The van der Waals surface area contributed by atoms with E-state index in [0.717, 1.165) is 9.98 Å². The predicted molar refractivity (Wildman–Crippen MR) is 68.2 cm³/mol. The van der Waals surface area contributed by atoms with Crippen molar-refractivity contribution in [3.63, 3.8) is 0 Å². The van der Waals surface area contributed by atoms with E-state index in [9.17, 15) is 4.79 Å². The average molecular weight is 277 g/mol. The van der Waals surface area contributed by atoms with Gasteiger partial charge in [0, 0.05) is 0 Å². The molecule has 0 N–H and O–H groups in total. The normalized spacial score (nSPS) is 17.2. The molecule has 2 rings (SSSR count). The maximum absolute atomic E-state index is 11.9. The Morgan fingerprint density at radius 3 is 2.44 bits per heavy atom. The minimum atomic E-state index is -2.38. The Hall–Kier alpha value is -1.03. The van der Waals surface area contributed by atoms with E-state index >= 15 is 0 Å². The molecule has 1 heterocycles. The maximum atomic E-state index is 11.9. The van der Waals surface area contributed by atoms with E-state index < -0.39 is 13.3 Å². The summed E-state index contributed by atoms with van der Waals surface area (Å²) in [7, 11) is 1.46. The first-order valence-electron chi connectivity index (χ1n) is 5.39. The van der Waals surface area contributed by atoms with Gasteiger partial charge in [0.25, 0.3) is 0 Å². The fourth-order valence-corrected chi connectivity index (χ4v) is 9.76. The van der Waals surface area contributed by atoms with Crippen LogP contribution in [0.3, 0.4) is 0 Å². The Bertz CT molecular complexity index is 486. The fourth-order valence-electron chi connectivity index (χ4n) is 2.60. The van der Waals surface area contributed by atoms with Crippen LogP contribution in [-0.2, 0) is 9.53 Å². The Balaban J connectivity index is 2.66. The second kappa shape index (κ2) is 3.77. The molecule has 0 spiro atoms. The Morgan fingerprint density at radius 2 is 1.88 bits per heavy atom. The van der Waals surface area contributed by atoms with Crippen molar-refractivity contribution in [1.29, 1.82) is 0 Å². The number of carbonyl (C=O) groups excluding carboxylic acids is 1. The molecule has 0 saturated carbocycles. The van der Waals surface area contributed by atoms with Gasteiger partial charge in [-0.1, -0.05) is 0 Å². The Kier molecular flexibility index (Phi) is 2.70. The second-order valence-corrected chi connectivity index (χ2v) is 13.7. The molecule has 0 aliphatic carbocycles. The molecular formula is C13H16GeO2. The van der Waals surface area contributed by atoms with E-state index in [1.54, 1.807) is 0 Å². The number of rotatable bonds is 1. The van der Waals surface area contributed by atoms with Crippen molar-refractivity contribution in [3.8, 4) is 0 Å². The number of carbonyl (C=O) groups is 1. The van der Waals surface area contributed by atoms with Gasteiger partial charge in [-0.2, -0.15) is 0 Å². The molecule has 3 heteroatoms. The van der Waals surface area contributed by atoms with Crippen LogP contribution >= 0.6 is 0 Å². The van der Waals surface area contributed by atoms with Crippen LogP contribution < -0.4 is 4.40 Å². The number of methoxy groups -OCH3 is 1. The van der Waals surface area contributed by atoms with Crippen LogP contribution in [0.2, 0.25) is 11.5 Å². The summed E-state index contributed by atoms with van der Waals surface area (Å²) in [5, 5.41) is 0. The van der Waals surface area contributed by atoms with Crippen molar-refractivity contribution >= 4 is 29.2 Å². The molecule has 0 unspecified atom stereocenters. The number of hydrogen-bond acceptors (Lipinski definition) is 2. The van der Waals surface area contributed by atoms with Gasteiger partial charge >= 0.3 is 98.5 Å². The summed E-state index contributed by atoms with van der Waals surface area (Å²) in [6, 6.07) is 8.35. The number of hydrogen-bond donors (Lipinski definition) is 0. The van der Waals surface area contributed by atoms with E-state index in [0.29, 0.717) is 0 Å². The number of fused-ring (bicyclic) bond motifs is 1. The quantitative estimate of drug-likeness (QED) is 0.580. The first-order valence-corrected chi connectivity index (χ1v) is 11.7. The summed E-state index contributed by atoms with van der Waals surface area (Å²) < 4.78 is 7.27. The molecule has 0 saturated heterocycles. The number of esters is 1. The number of ether oxygens (including phenoxy) is 1. The van der Waals surface area contributed by atoms with Gasteiger partial charge in [0.2, 0.25) is 0 Å². The Morgan fingerprint density at radius 1 is 1.25 bits per heavy atom. The zero-order chi connectivity index (χ0) is 11.9. The van der Waals surface area contributed by atoms with Gasteiger partial charge in [0.05, 0.1) is 0 Å². The average Bonchev–Trinajstić information content (AvgIpc) is 2.47. The van der Waals surface area contributed by atoms with Crippen molar-refractivity contribution in [2.24, 2.45) is 0 Å². The van der Waals surface area contributed by atoms with Gasteiger partial charge in [-0.25, -0.2) is 0 Å². The second-order valence-electron chi connectivity index (χ2n) is 4.66. The van der Waals surface area contributed by atoms with Gasteiger partial charge in [-0.3, -0.25) is 0 Å². The summed E-state index contributed by atoms with van der Waals surface area (Å²) in [6.07, 6.45) is 0. The van der Waals surface area contributed by atoms with E-state index in [4.69, 9.17) is 4.74 Å². The molecule has 84 valence electrons. The van der Waals surface area contributed by atoms with Gasteiger partial charge in [0.1, 0.15) is 0 Å². The van der Waals surface area contributed by atoms with Crippen LogP contribution in [0.1, 0.15) is 12.5 Å². The van der Waals surface area contributed by atoms with Crippen LogP contribution in [0.4, 0.5) is 0 Å². The van der Waals surface area contributed by atoms with Crippen LogP contribution in [-0.4, -0.2) is 26.3 Å². The van der Waals surface area contributed by atoms with E-state index in [1.807, 2.05) is 13.0 Å². The van der Waals surface area contributed by atoms with Gasteiger partial charge in [-0.05, 0) is 0 Å². The van der Waals surface area contributed by atoms with Crippen LogP contribution in [0.25, 0.3) is 5.57 Å². The summed E-state index contributed by atoms with van der Waals surface area (Å²) in [5.74, 6) is 4.36. The zero-order valence-electron chi connectivity index (χ0n) is 10.1.